The molecule has 4 nitrogen and oxygen atoms in total. The third kappa shape index (κ3) is 3.06. The third-order valence-corrected chi connectivity index (χ3v) is 2.91. The van der Waals surface area contributed by atoms with Crippen LogP contribution in [0.25, 0.3) is 0 Å². The Labute approximate surface area is 111 Å². The van der Waals surface area contributed by atoms with Crippen molar-refractivity contribution in [3.05, 3.63) is 53.9 Å². The normalized spacial score (nSPS) is 13.9. The fraction of sp³-hybridized carbons (Fsp3) is 0.286. The average molecular weight is 261 g/mol. The van der Waals surface area contributed by atoms with Crippen molar-refractivity contribution in [2.45, 2.75) is 19.4 Å². The quantitative estimate of drug-likeness (QED) is 0.886. The number of nitrogens with one attached hydrogen (secondary N) is 1. The van der Waals surface area contributed by atoms with Crippen molar-refractivity contribution in [1.29, 1.82) is 0 Å². The minimum atomic E-state index is -0.811. The fourth-order valence-electron chi connectivity index (χ4n) is 1.90. The Morgan fingerprint density at radius 1 is 1.32 bits per heavy atom. The number of hydrogen-bond donors (Lipinski definition) is 2. The molecule has 1 aromatic heterocycles. The minimum Gasteiger partial charge on any atom is -0.394 e. The molecule has 0 saturated carbocycles. The van der Waals surface area contributed by atoms with Gasteiger partial charge in [0.2, 0.25) is 0 Å². The van der Waals surface area contributed by atoms with E-state index in [0.29, 0.717) is 11.4 Å². The Morgan fingerprint density at radius 3 is 2.68 bits per heavy atom. The zero-order valence-electron chi connectivity index (χ0n) is 10.9. The zero-order valence-corrected chi connectivity index (χ0v) is 10.9. The summed E-state index contributed by atoms with van der Waals surface area (Å²) in [7, 11) is 0. The molecule has 1 atom stereocenters. The van der Waals surface area contributed by atoms with E-state index in [-0.39, 0.29) is 12.4 Å². The van der Waals surface area contributed by atoms with Crippen LogP contribution in [-0.4, -0.2) is 21.7 Å². The first-order valence-electron chi connectivity index (χ1n) is 5.96. The van der Waals surface area contributed by atoms with Crippen LogP contribution in [0.4, 0.5) is 10.1 Å². The van der Waals surface area contributed by atoms with Crippen LogP contribution in [-0.2, 0) is 5.54 Å². The molecule has 100 valence electrons. The Hall–Kier alpha value is -2.01. The largest absolute Gasteiger partial charge is 0.394 e. The summed E-state index contributed by atoms with van der Waals surface area (Å²) in [6.07, 6.45) is 4.70. The SMILES string of the molecule is Cc1cc(F)cc(NC(C)(CO)c2cnccn2)c1. The molecule has 0 aliphatic heterocycles. The molecule has 0 spiro atoms. The van der Waals surface area contributed by atoms with Gasteiger partial charge in [0.25, 0.3) is 0 Å². The summed E-state index contributed by atoms with van der Waals surface area (Å²) in [5.41, 5.74) is 1.19. The first-order chi connectivity index (χ1) is 9.03. The van der Waals surface area contributed by atoms with Crippen molar-refractivity contribution in [2.24, 2.45) is 0 Å². The van der Waals surface area contributed by atoms with E-state index in [9.17, 15) is 9.50 Å². The van der Waals surface area contributed by atoms with Crippen molar-refractivity contribution in [2.75, 3.05) is 11.9 Å². The second kappa shape index (κ2) is 5.32. The molecular weight excluding hydrogens is 245 g/mol. The van der Waals surface area contributed by atoms with E-state index in [1.165, 1.54) is 12.1 Å². The van der Waals surface area contributed by atoms with E-state index in [1.54, 1.807) is 25.5 Å². The number of aryl methyl sites for hydroxylation is 1. The van der Waals surface area contributed by atoms with Crippen LogP contribution >= 0.6 is 0 Å². The summed E-state index contributed by atoms with van der Waals surface area (Å²) in [5, 5.41) is 12.7. The molecule has 0 aliphatic rings. The monoisotopic (exact) mass is 261 g/mol. The lowest BCUT2D eigenvalue weighted by atomic mass is 9.98. The zero-order chi connectivity index (χ0) is 13.9. The predicted molar refractivity (Wildman–Crippen MR) is 71.2 cm³/mol. The van der Waals surface area contributed by atoms with E-state index < -0.39 is 5.54 Å². The number of anilines is 1. The van der Waals surface area contributed by atoms with Gasteiger partial charge in [-0.2, -0.15) is 0 Å². The van der Waals surface area contributed by atoms with E-state index >= 15 is 0 Å². The molecule has 1 heterocycles. The molecule has 1 aromatic carbocycles. The molecule has 1 unspecified atom stereocenters. The minimum absolute atomic E-state index is 0.179. The van der Waals surface area contributed by atoms with Crippen LogP contribution in [0.2, 0.25) is 0 Å². The van der Waals surface area contributed by atoms with Gasteiger partial charge in [-0.25, -0.2) is 4.39 Å². The van der Waals surface area contributed by atoms with Gasteiger partial charge in [0.15, 0.2) is 0 Å². The summed E-state index contributed by atoms with van der Waals surface area (Å²) in [4.78, 5) is 8.17. The van der Waals surface area contributed by atoms with E-state index in [4.69, 9.17) is 0 Å². The maximum absolute atomic E-state index is 13.4. The van der Waals surface area contributed by atoms with Gasteiger partial charge in [0.1, 0.15) is 11.4 Å². The maximum Gasteiger partial charge on any atom is 0.125 e. The van der Waals surface area contributed by atoms with Crippen LogP contribution in [0.15, 0.2) is 36.8 Å². The van der Waals surface area contributed by atoms with E-state index in [1.807, 2.05) is 13.0 Å². The van der Waals surface area contributed by atoms with Gasteiger partial charge in [-0.15, -0.1) is 0 Å². The summed E-state index contributed by atoms with van der Waals surface area (Å²) >= 11 is 0. The summed E-state index contributed by atoms with van der Waals surface area (Å²) in [5.74, 6) is -0.318. The van der Waals surface area contributed by atoms with Gasteiger partial charge >= 0.3 is 0 Å². The summed E-state index contributed by atoms with van der Waals surface area (Å²) < 4.78 is 13.4. The van der Waals surface area contributed by atoms with Crippen LogP contribution in [0.1, 0.15) is 18.2 Å². The molecule has 0 radical (unpaired) electrons. The van der Waals surface area contributed by atoms with Crippen molar-refractivity contribution in [3.8, 4) is 0 Å². The van der Waals surface area contributed by atoms with Gasteiger partial charge in [-0.3, -0.25) is 9.97 Å². The molecule has 0 saturated heterocycles. The van der Waals surface area contributed by atoms with Crippen molar-refractivity contribution >= 4 is 5.69 Å². The van der Waals surface area contributed by atoms with E-state index in [2.05, 4.69) is 15.3 Å². The molecule has 0 fully saturated rings. The van der Waals surface area contributed by atoms with E-state index in [0.717, 1.165) is 5.56 Å². The third-order valence-electron chi connectivity index (χ3n) is 2.91. The lowest BCUT2D eigenvalue weighted by Gasteiger charge is -2.29. The number of aliphatic hydroxyl groups excluding tert-OH is 1. The number of hydrogen-bond acceptors (Lipinski definition) is 4. The smallest absolute Gasteiger partial charge is 0.125 e. The van der Waals surface area contributed by atoms with Crippen LogP contribution < -0.4 is 5.32 Å². The Kier molecular flexibility index (Phi) is 3.76. The number of benzene rings is 1. The van der Waals surface area contributed by atoms with Gasteiger partial charge in [0.05, 0.1) is 18.5 Å². The Balaban J connectivity index is 2.33. The Bertz CT molecular complexity index is 542. The first kappa shape index (κ1) is 13.4. The highest BCUT2D eigenvalue weighted by Gasteiger charge is 2.27. The molecule has 2 N–H and O–H groups in total. The first-order valence-corrected chi connectivity index (χ1v) is 5.96. The van der Waals surface area contributed by atoms with Gasteiger partial charge < -0.3 is 10.4 Å². The van der Waals surface area contributed by atoms with Crippen LogP contribution in [0.3, 0.4) is 0 Å². The topological polar surface area (TPSA) is 58.0 Å². The van der Waals surface area contributed by atoms with Gasteiger partial charge in [-0.1, -0.05) is 0 Å². The van der Waals surface area contributed by atoms with Crippen molar-refractivity contribution in [1.82, 2.24) is 9.97 Å². The highest BCUT2D eigenvalue weighted by molar-refractivity contribution is 5.49. The standard InChI is InChI=1S/C14H16FN3O/c1-10-5-11(15)7-12(6-10)18-14(2,9-19)13-8-16-3-4-17-13/h3-8,18-19H,9H2,1-2H3. The summed E-state index contributed by atoms with van der Waals surface area (Å²) in [6.45, 7) is 3.42. The lowest BCUT2D eigenvalue weighted by molar-refractivity contribution is 0.220. The molecule has 2 aromatic rings. The van der Waals surface area contributed by atoms with Crippen LogP contribution in [0.5, 0.6) is 0 Å². The van der Waals surface area contributed by atoms with Crippen LogP contribution in [0, 0.1) is 12.7 Å². The van der Waals surface area contributed by atoms with Crippen molar-refractivity contribution in [3.63, 3.8) is 0 Å². The highest BCUT2D eigenvalue weighted by atomic mass is 19.1. The number of nitrogens with zero attached hydrogens (tertiary/aromatic N) is 2. The number of aromatic nitrogens is 2. The number of rotatable bonds is 4. The molecule has 5 heteroatoms. The fourth-order valence-corrected chi connectivity index (χ4v) is 1.90. The number of aliphatic hydroxyl groups is 1. The molecule has 2 rings (SSSR count). The molecule has 0 aliphatic carbocycles. The average Bonchev–Trinajstić information content (AvgIpc) is 2.38. The second-order valence-electron chi connectivity index (χ2n) is 4.72. The highest BCUT2D eigenvalue weighted by Crippen LogP contribution is 2.24. The molecular formula is C14H16FN3O. The maximum atomic E-state index is 13.4. The van der Waals surface area contributed by atoms with Crippen molar-refractivity contribution < 1.29 is 9.50 Å². The van der Waals surface area contributed by atoms with Gasteiger partial charge in [-0.05, 0) is 37.6 Å². The summed E-state index contributed by atoms with van der Waals surface area (Å²) in [6, 6.07) is 4.65. The molecule has 0 amide bonds. The second-order valence-corrected chi connectivity index (χ2v) is 4.72. The predicted octanol–water partition coefficient (Wildman–Crippen LogP) is 2.24. The molecule has 0 bridgehead atoms. The Morgan fingerprint density at radius 2 is 2.11 bits per heavy atom. The number of halogens is 1. The van der Waals surface area contributed by atoms with Gasteiger partial charge in [0, 0.05) is 18.1 Å². The molecule has 19 heavy (non-hydrogen) atoms. The lowest BCUT2D eigenvalue weighted by Crippen LogP contribution is -2.37.